The summed E-state index contributed by atoms with van der Waals surface area (Å²) >= 11 is 0. The largest absolute Gasteiger partial charge is 0.412 e. The Hall–Kier alpha value is -0.678. The molecule has 0 spiro atoms. The molecule has 0 saturated carbocycles. The van der Waals surface area contributed by atoms with E-state index in [4.69, 9.17) is 44.4 Å². The molecule has 0 aromatic carbocycles. The molecule has 0 aliphatic carbocycles. The molecular weight excluding hydrogens is 895 g/mol. The normalized spacial score (nSPS) is 14.3. The van der Waals surface area contributed by atoms with Gasteiger partial charge < -0.3 is 90.1 Å². The van der Waals surface area contributed by atoms with Gasteiger partial charge in [0.1, 0.15) is 24.8 Å². The molecule has 0 bridgehead atoms. The van der Waals surface area contributed by atoms with Crippen LogP contribution in [0.25, 0.3) is 0 Å². The molecule has 0 amide bonds. The van der Waals surface area contributed by atoms with Crippen molar-refractivity contribution < 1.29 is 105 Å². The average Bonchev–Trinajstić information content (AvgIpc) is 3.10. The van der Waals surface area contributed by atoms with Gasteiger partial charge in [0.25, 0.3) is 0 Å². The minimum absolute atomic E-state index is 0. The molecule has 12 N–H and O–H groups in total. The minimum Gasteiger partial charge on any atom is -0.412 e. The third-order valence-corrected chi connectivity index (χ3v) is 6.38. The topological polar surface area (TPSA) is 312 Å². The zero-order valence-electron chi connectivity index (χ0n) is 32.5. The van der Waals surface area contributed by atoms with Gasteiger partial charge in [-0.25, -0.2) is 0 Å². The summed E-state index contributed by atoms with van der Waals surface area (Å²) in [5.41, 5.74) is 5.25. The summed E-state index contributed by atoms with van der Waals surface area (Å²) in [6, 6.07) is 0. The Balaban J connectivity index is -0.000000293. The molecule has 1 radical (unpaired) electrons. The van der Waals surface area contributed by atoms with Crippen LogP contribution in [0.1, 0.15) is 46.5 Å². The van der Waals surface area contributed by atoms with Gasteiger partial charge in [-0.15, -0.1) is 0 Å². The van der Waals surface area contributed by atoms with Crippen molar-refractivity contribution >= 4 is 12.6 Å². The van der Waals surface area contributed by atoms with Crippen LogP contribution in [0.3, 0.4) is 0 Å². The number of carbonyl (C=O) groups excluding carboxylic acids is 2. The van der Waals surface area contributed by atoms with Gasteiger partial charge in [0.2, 0.25) is 0 Å². The quantitative estimate of drug-likeness (QED) is 0.0218. The standard InChI is InChI=1S/C19H39NO11.C11H23NO5.C4H10.H2O.Re/c21-5-1-8-30-10-11-31-9-4-20(12-16(26)18(28)14(24)2-6-22)13-17(27)19(29)15(25)3-7-23;12-2-5-15-7-9-17-11-10-16-8-6-14-4-1-3-13;1-4(2)3;;/h5,14-19,22-29H,1-4,6-13H2;3H,1-2,4-12H2;4H,1-3H3;1H2;. The van der Waals surface area contributed by atoms with E-state index in [2.05, 4.69) is 20.8 Å². The first-order chi connectivity index (χ1) is 24.9. The van der Waals surface area contributed by atoms with E-state index >= 15 is 0 Å². The SMILES string of the molecule is CC(C)C.NCCOCCOCCOCCOCCC=O.O.O=CCCOCCOCCN(CC(O)C(O)C(O)CCO)CC(O)C(O)C(O)CCO.[Re]. The molecule has 0 aliphatic heterocycles. The monoisotopic (exact) mass is 969 g/mol. The number of aliphatic hydroxyl groups excluding tert-OH is 8. The second-order valence-corrected chi connectivity index (χ2v) is 12.1. The fourth-order valence-corrected chi connectivity index (χ4v) is 3.74. The maximum absolute atomic E-state index is 10.2. The smallest absolute Gasteiger partial charge is 0.122 e. The van der Waals surface area contributed by atoms with Crippen molar-refractivity contribution in [3.8, 4) is 0 Å². The summed E-state index contributed by atoms with van der Waals surface area (Å²) in [5.74, 6) is 0.833. The number of ether oxygens (including phenoxy) is 6. The van der Waals surface area contributed by atoms with E-state index in [-0.39, 0.29) is 91.4 Å². The summed E-state index contributed by atoms with van der Waals surface area (Å²) < 4.78 is 31.3. The number of rotatable bonds is 35. The Labute approximate surface area is 335 Å². The van der Waals surface area contributed by atoms with E-state index < -0.39 is 36.6 Å². The molecule has 0 rings (SSSR count). The van der Waals surface area contributed by atoms with Crippen molar-refractivity contribution in [2.75, 3.05) is 119 Å². The van der Waals surface area contributed by atoms with Crippen LogP contribution in [0.5, 0.6) is 0 Å². The zero-order valence-corrected chi connectivity index (χ0v) is 35.2. The van der Waals surface area contributed by atoms with Gasteiger partial charge in [-0.2, -0.15) is 0 Å². The molecule has 0 aromatic rings. The van der Waals surface area contributed by atoms with E-state index in [1.54, 1.807) is 0 Å². The van der Waals surface area contributed by atoms with Gasteiger partial charge in [-0.1, -0.05) is 20.8 Å². The van der Waals surface area contributed by atoms with Crippen LogP contribution >= 0.6 is 0 Å². The third kappa shape index (κ3) is 45.7. The van der Waals surface area contributed by atoms with Gasteiger partial charge in [-0.05, 0) is 18.8 Å². The Morgan fingerprint density at radius 2 is 0.833 bits per heavy atom. The molecule has 6 atom stereocenters. The van der Waals surface area contributed by atoms with Crippen LogP contribution in [-0.4, -0.2) is 219 Å². The van der Waals surface area contributed by atoms with Crippen molar-refractivity contribution in [1.82, 2.24) is 4.90 Å². The number of aldehydes is 2. The fourth-order valence-electron chi connectivity index (χ4n) is 3.74. The van der Waals surface area contributed by atoms with Gasteiger partial charge >= 0.3 is 0 Å². The second kappa shape index (κ2) is 48.5. The Bertz CT molecular complexity index is 711. The summed E-state index contributed by atoms with van der Waals surface area (Å²) in [7, 11) is 0. The zero-order chi connectivity index (χ0) is 39.8. The van der Waals surface area contributed by atoms with Crippen LogP contribution in [0.2, 0.25) is 0 Å². The van der Waals surface area contributed by atoms with Crippen molar-refractivity contribution in [2.24, 2.45) is 11.7 Å². The van der Waals surface area contributed by atoms with Crippen molar-refractivity contribution in [3.63, 3.8) is 0 Å². The predicted molar refractivity (Wildman–Crippen MR) is 195 cm³/mol. The Morgan fingerprint density at radius 1 is 0.537 bits per heavy atom. The van der Waals surface area contributed by atoms with Crippen LogP contribution in [0.4, 0.5) is 0 Å². The molecule has 0 aromatic heterocycles. The first-order valence-corrected chi connectivity index (χ1v) is 18.0. The molecule has 19 nitrogen and oxygen atoms in total. The average molecular weight is 969 g/mol. The summed E-state index contributed by atoms with van der Waals surface area (Å²) in [5, 5.41) is 77.6. The predicted octanol–water partition coefficient (Wildman–Crippen LogP) is -3.72. The van der Waals surface area contributed by atoms with E-state index in [1.165, 1.54) is 4.90 Å². The van der Waals surface area contributed by atoms with Crippen molar-refractivity contribution in [2.45, 2.75) is 83.1 Å². The number of nitrogens with two attached hydrogens (primary N) is 1. The molecule has 0 fully saturated rings. The van der Waals surface area contributed by atoms with Crippen molar-refractivity contribution in [3.05, 3.63) is 0 Å². The fraction of sp³-hybridized carbons (Fsp3) is 0.941. The first kappa shape index (κ1) is 62.5. The molecule has 20 heteroatoms. The van der Waals surface area contributed by atoms with Gasteiger partial charge in [0.05, 0.1) is 104 Å². The molecular formula is C34H74N2O17Re. The molecule has 0 aliphatic rings. The number of hydrogen-bond acceptors (Lipinski definition) is 18. The summed E-state index contributed by atoms with van der Waals surface area (Å²) in [6.07, 6.45) is -6.54. The van der Waals surface area contributed by atoms with Crippen LogP contribution in [0.15, 0.2) is 0 Å². The maximum atomic E-state index is 10.2. The molecule has 6 unspecified atom stereocenters. The van der Waals surface area contributed by atoms with E-state index in [0.717, 1.165) is 18.5 Å². The molecule has 0 saturated heterocycles. The molecule has 54 heavy (non-hydrogen) atoms. The Kier molecular flexibility index (Phi) is 56.1. The van der Waals surface area contributed by atoms with Crippen molar-refractivity contribution in [1.29, 1.82) is 0 Å². The van der Waals surface area contributed by atoms with Gasteiger partial charge in [0, 0.05) is 72.7 Å². The third-order valence-electron chi connectivity index (χ3n) is 6.38. The maximum Gasteiger partial charge on any atom is 0.122 e. The first-order valence-electron chi connectivity index (χ1n) is 18.0. The van der Waals surface area contributed by atoms with Gasteiger partial charge in [-0.3, -0.25) is 4.90 Å². The van der Waals surface area contributed by atoms with Gasteiger partial charge in [0.15, 0.2) is 0 Å². The second-order valence-electron chi connectivity index (χ2n) is 12.1. The van der Waals surface area contributed by atoms with Crippen LogP contribution < -0.4 is 5.73 Å². The minimum atomic E-state index is -1.54. The summed E-state index contributed by atoms with van der Waals surface area (Å²) in [6.45, 7) is 11.3. The number of carbonyl (C=O) groups is 2. The molecule has 0 heterocycles. The van der Waals surface area contributed by atoms with E-state index in [0.29, 0.717) is 78.8 Å². The number of hydrogen-bond donors (Lipinski definition) is 9. The van der Waals surface area contributed by atoms with E-state index in [9.17, 15) is 40.2 Å². The molecule has 329 valence electrons. The van der Waals surface area contributed by atoms with Crippen LogP contribution in [-0.2, 0) is 58.4 Å². The number of aliphatic hydroxyl groups is 8. The Morgan fingerprint density at radius 3 is 1.13 bits per heavy atom. The summed E-state index contributed by atoms with van der Waals surface area (Å²) in [4.78, 5) is 21.6. The number of nitrogens with zero attached hydrogens (tertiary/aromatic N) is 1. The van der Waals surface area contributed by atoms with Crippen LogP contribution in [0, 0.1) is 5.92 Å². The van der Waals surface area contributed by atoms with E-state index in [1.807, 2.05) is 0 Å².